The number of allylic oxidation sites excluding steroid dienone is 3. The van der Waals surface area contributed by atoms with Crippen molar-refractivity contribution < 1.29 is 31.9 Å². The summed E-state index contributed by atoms with van der Waals surface area (Å²) in [6, 6.07) is 1.81. The van der Waals surface area contributed by atoms with Gasteiger partial charge in [0.05, 0.1) is 18.1 Å². The van der Waals surface area contributed by atoms with E-state index in [2.05, 4.69) is 4.98 Å². The molecule has 2 unspecified atom stereocenters. The number of hydrogen-bond acceptors (Lipinski definition) is 4. The third-order valence-corrected chi connectivity index (χ3v) is 6.44. The van der Waals surface area contributed by atoms with E-state index in [0.29, 0.717) is 31.7 Å². The number of aryl methyl sites for hydroxylation is 1. The van der Waals surface area contributed by atoms with Gasteiger partial charge in [0.1, 0.15) is 28.9 Å². The number of imidazole rings is 1. The molecule has 11 heteroatoms. The number of amides is 2. The summed E-state index contributed by atoms with van der Waals surface area (Å²) < 4.78 is 61.4. The van der Waals surface area contributed by atoms with Crippen molar-refractivity contribution in [3.63, 3.8) is 0 Å². The van der Waals surface area contributed by atoms with E-state index in [-0.39, 0.29) is 18.8 Å². The van der Waals surface area contributed by atoms with Crippen molar-refractivity contribution in [3.05, 3.63) is 65.6 Å². The van der Waals surface area contributed by atoms with Crippen LogP contribution >= 0.6 is 0 Å². The van der Waals surface area contributed by atoms with Gasteiger partial charge in [-0.15, -0.1) is 0 Å². The van der Waals surface area contributed by atoms with Gasteiger partial charge in [0.15, 0.2) is 0 Å². The monoisotopic (exact) mass is 506 g/mol. The summed E-state index contributed by atoms with van der Waals surface area (Å²) >= 11 is 0. The Morgan fingerprint density at radius 1 is 1.22 bits per heavy atom. The van der Waals surface area contributed by atoms with Crippen molar-refractivity contribution in [3.8, 4) is 5.75 Å². The third kappa shape index (κ3) is 5.29. The second-order valence-corrected chi connectivity index (χ2v) is 8.87. The lowest BCUT2D eigenvalue weighted by Gasteiger charge is -2.39. The lowest BCUT2D eigenvalue weighted by Crippen LogP contribution is -2.55. The molecule has 1 aromatic carbocycles. The van der Waals surface area contributed by atoms with Gasteiger partial charge in [-0.05, 0) is 63.5 Å². The lowest BCUT2D eigenvalue weighted by atomic mass is 10.1. The fraction of sp³-hybridized carbons (Fsp3) is 0.400. The summed E-state index contributed by atoms with van der Waals surface area (Å²) in [5.74, 6) is -1.89. The molecule has 1 saturated heterocycles. The van der Waals surface area contributed by atoms with Crippen LogP contribution in [0.1, 0.15) is 37.4 Å². The molecule has 36 heavy (non-hydrogen) atoms. The summed E-state index contributed by atoms with van der Waals surface area (Å²) in [6.45, 7) is 4.14. The second kappa shape index (κ2) is 10.2. The molecule has 2 atom stereocenters. The molecule has 2 aromatic rings. The number of ether oxygens (including phenoxy) is 1. The van der Waals surface area contributed by atoms with Crippen molar-refractivity contribution in [2.45, 2.75) is 51.4 Å². The average Bonchev–Trinajstić information content (AvgIpc) is 3.47. The maximum Gasteiger partial charge on any atom is 0.420 e. The topological polar surface area (TPSA) is 67.7 Å². The fourth-order valence-corrected chi connectivity index (χ4v) is 4.59. The van der Waals surface area contributed by atoms with Crippen LogP contribution in [0.4, 0.5) is 17.6 Å². The Morgan fingerprint density at radius 2 is 2.00 bits per heavy atom. The number of nitrogens with zero attached hydrogens (tertiary/aromatic N) is 4. The minimum Gasteiger partial charge on any atom is -0.488 e. The molecule has 1 aliphatic heterocycles. The van der Waals surface area contributed by atoms with E-state index in [0.717, 1.165) is 23.5 Å². The molecule has 1 aliphatic carbocycles. The predicted octanol–water partition coefficient (Wildman–Crippen LogP) is 4.39. The molecule has 2 heterocycles. The molecular weight excluding hydrogens is 480 g/mol. The lowest BCUT2D eigenvalue weighted by molar-refractivity contribution is -0.141. The zero-order chi connectivity index (χ0) is 26.0. The molecular formula is C25H26F4N4O3. The Bertz CT molecular complexity index is 1200. The Labute approximate surface area is 205 Å². The van der Waals surface area contributed by atoms with Crippen LogP contribution in [0, 0.1) is 12.7 Å². The molecule has 7 nitrogen and oxygen atoms in total. The van der Waals surface area contributed by atoms with Crippen LogP contribution in [0.5, 0.6) is 5.75 Å². The maximum absolute atomic E-state index is 13.5. The van der Waals surface area contributed by atoms with Crippen LogP contribution in [0.3, 0.4) is 0 Å². The van der Waals surface area contributed by atoms with Gasteiger partial charge >= 0.3 is 6.18 Å². The molecule has 2 amide bonds. The SMILES string of the molecule is C/C(=C\C=C1\C(=O)N(C2CCCC2Oc2ccc(F)cc2C(F)(F)F)CCN1C=O)n1cnc(C)c1. The highest BCUT2D eigenvalue weighted by Crippen LogP contribution is 2.39. The van der Waals surface area contributed by atoms with Crippen molar-refractivity contribution in [2.24, 2.45) is 0 Å². The first kappa shape index (κ1) is 25.5. The summed E-state index contributed by atoms with van der Waals surface area (Å²) in [4.78, 5) is 32.1. The van der Waals surface area contributed by atoms with E-state index in [1.807, 2.05) is 20.0 Å². The molecule has 4 rings (SSSR count). The van der Waals surface area contributed by atoms with Gasteiger partial charge in [0.2, 0.25) is 6.41 Å². The minimum atomic E-state index is -4.79. The molecule has 0 spiro atoms. The molecule has 2 fully saturated rings. The third-order valence-electron chi connectivity index (χ3n) is 6.44. The first-order chi connectivity index (χ1) is 17.1. The molecule has 0 radical (unpaired) electrons. The maximum atomic E-state index is 13.5. The molecule has 0 bridgehead atoms. The molecule has 1 saturated carbocycles. The largest absolute Gasteiger partial charge is 0.488 e. The number of alkyl halides is 3. The van der Waals surface area contributed by atoms with Crippen LogP contribution in [0.25, 0.3) is 5.70 Å². The van der Waals surface area contributed by atoms with Crippen LogP contribution in [0.15, 0.2) is 48.6 Å². The quantitative estimate of drug-likeness (QED) is 0.331. The summed E-state index contributed by atoms with van der Waals surface area (Å²) in [5.41, 5.74) is 0.570. The number of aromatic nitrogens is 2. The number of rotatable bonds is 6. The normalized spacial score (nSPS) is 22.4. The number of piperazine rings is 1. The number of benzene rings is 1. The number of hydrogen-bond donors (Lipinski definition) is 0. The summed E-state index contributed by atoms with van der Waals surface area (Å²) in [5, 5.41) is 0. The van der Waals surface area contributed by atoms with Gasteiger partial charge in [-0.25, -0.2) is 9.37 Å². The van der Waals surface area contributed by atoms with E-state index in [9.17, 15) is 27.2 Å². The van der Waals surface area contributed by atoms with Crippen molar-refractivity contribution >= 4 is 18.0 Å². The highest BCUT2D eigenvalue weighted by atomic mass is 19.4. The molecule has 1 aromatic heterocycles. The van der Waals surface area contributed by atoms with Crippen molar-refractivity contribution in [1.29, 1.82) is 0 Å². The Hall–Kier alpha value is -3.63. The van der Waals surface area contributed by atoms with Crippen molar-refractivity contribution in [2.75, 3.05) is 13.1 Å². The Balaban J connectivity index is 1.58. The summed E-state index contributed by atoms with van der Waals surface area (Å²) in [7, 11) is 0. The second-order valence-electron chi connectivity index (χ2n) is 8.87. The van der Waals surface area contributed by atoms with Gasteiger partial charge in [0, 0.05) is 25.0 Å². The Kier molecular flexibility index (Phi) is 7.18. The smallest absolute Gasteiger partial charge is 0.420 e. The zero-order valence-electron chi connectivity index (χ0n) is 19.8. The molecule has 2 aliphatic rings. The van der Waals surface area contributed by atoms with Crippen LogP contribution in [0.2, 0.25) is 0 Å². The Morgan fingerprint density at radius 3 is 2.67 bits per heavy atom. The van der Waals surface area contributed by atoms with Gasteiger partial charge in [-0.2, -0.15) is 13.2 Å². The fourth-order valence-electron chi connectivity index (χ4n) is 4.59. The van der Waals surface area contributed by atoms with E-state index in [4.69, 9.17) is 4.74 Å². The van der Waals surface area contributed by atoms with Crippen LogP contribution in [-0.4, -0.2) is 56.9 Å². The number of carbonyl (C=O) groups excluding carboxylic acids is 2. The average molecular weight is 507 g/mol. The highest BCUT2D eigenvalue weighted by Gasteiger charge is 2.42. The van der Waals surface area contributed by atoms with Gasteiger partial charge < -0.3 is 19.1 Å². The first-order valence-electron chi connectivity index (χ1n) is 11.5. The van der Waals surface area contributed by atoms with Gasteiger partial charge in [-0.1, -0.05) is 0 Å². The standard InChI is InChI=1S/C25H26F4N4O3/c1-16-13-32(14-30-16)17(2)6-8-21-24(35)33(11-10-31(21)15-34)20-4-3-5-23(20)36-22-9-7-18(26)12-19(22)25(27,28)29/h6-9,12-15,20,23H,3-5,10-11H2,1-2H3/b17-6+,21-8-. The van der Waals surface area contributed by atoms with E-state index >= 15 is 0 Å². The van der Waals surface area contributed by atoms with Crippen LogP contribution < -0.4 is 4.74 Å². The zero-order valence-corrected chi connectivity index (χ0v) is 19.8. The highest BCUT2D eigenvalue weighted by molar-refractivity contribution is 5.96. The van der Waals surface area contributed by atoms with Gasteiger partial charge in [0.25, 0.3) is 5.91 Å². The number of carbonyl (C=O) groups is 2. The molecule has 0 N–H and O–H groups in total. The van der Waals surface area contributed by atoms with E-state index in [1.165, 1.54) is 4.90 Å². The predicted molar refractivity (Wildman–Crippen MR) is 123 cm³/mol. The van der Waals surface area contributed by atoms with Gasteiger partial charge in [-0.3, -0.25) is 9.59 Å². The number of halogens is 4. The minimum absolute atomic E-state index is 0.163. The van der Waals surface area contributed by atoms with Crippen LogP contribution in [-0.2, 0) is 15.8 Å². The molecule has 192 valence electrons. The van der Waals surface area contributed by atoms with Crippen molar-refractivity contribution in [1.82, 2.24) is 19.4 Å². The van der Waals surface area contributed by atoms with E-state index < -0.39 is 41.4 Å². The first-order valence-corrected chi connectivity index (χ1v) is 11.5. The summed E-state index contributed by atoms with van der Waals surface area (Å²) in [6.07, 6.45) is 3.44. The van der Waals surface area contributed by atoms with E-state index in [1.54, 1.807) is 27.9 Å².